The predicted molar refractivity (Wildman–Crippen MR) is 75.1 cm³/mol. The van der Waals surface area contributed by atoms with E-state index >= 15 is 0 Å². The van der Waals surface area contributed by atoms with Crippen molar-refractivity contribution >= 4 is 10.0 Å². The number of aliphatic hydroxyl groups is 1. The van der Waals surface area contributed by atoms with Gasteiger partial charge in [0.05, 0.1) is 18.6 Å². The molecular weight excluding hydrogens is 282 g/mol. The van der Waals surface area contributed by atoms with Crippen molar-refractivity contribution in [2.75, 3.05) is 27.4 Å². The molecule has 0 saturated carbocycles. The van der Waals surface area contributed by atoms with Crippen molar-refractivity contribution < 1.29 is 23.0 Å². The summed E-state index contributed by atoms with van der Waals surface area (Å²) in [5, 5.41) is 9.22. The third-order valence-corrected chi connectivity index (χ3v) is 4.23. The zero-order chi connectivity index (χ0) is 15.2. The second-order valence-electron chi connectivity index (χ2n) is 4.54. The van der Waals surface area contributed by atoms with Crippen LogP contribution in [-0.2, 0) is 21.4 Å². The lowest BCUT2D eigenvalue weighted by molar-refractivity contribution is 0.161. The second kappa shape index (κ2) is 7.58. The lowest BCUT2D eigenvalue weighted by atomic mass is 10.2. The molecule has 6 nitrogen and oxygen atoms in total. The lowest BCUT2D eigenvalue weighted by Gasteiger charge is -2.13. The smallest absolute Gasteiger partial charge is 0.240 e. The van der Waals surface area contributed by atoms with Gasteiger partial charge in [-0.05, 0) is 24.1 Å². The minimum atomic E-state index is -3.60. The Morgan fingerprint density at radius 3 is 2.60 bits per heavy atom. The van der Waals surface area contributed by atoms with Crippen LogP contribution in [-0.4, -0.2) is 40.9 Å². The van der Waals surface area contributed by atoms with Crippen LogP contribution in [0.5, 0.6) is 5.75 Å². The maximum atomic E-state index is 12.1. The third-order valence-electron chi connectivity index (χ3n) is 2.81. The van der Waals surface area contributed by atoms with Crippen molar-refractivity contribution in [2.45, 2.75) is 18.4 Å². The Hall–Kier alpha value is -1.15. The summed E-state index contributed by atoms with van der Waals surface area (Å²) >= 11 is 0. The first-order valence-electron chi connectivity index (χ1n) is 6.21. The van der Waals surface area contributed by atoms with Crippen LogP contribution in [0, 0.1) is 5.92 Å². The molecule has 0 aromatic heterocycles. The van der Waals surface area contributed by atoms with E-state index in [0.29, 0.717) is 17.9 Å². The van der Waals surface area contributed by atoms with Gasteiger partial charge in [-0.1, -0.05) is 6.92 Å². The number of methoxy groups -OCH3 is 2. The molecule has 0 radical (unpaired) electrons. The molecule has 1 atom stereocenters. The van der Waals surface area contributed by atoms with Crippen molar-refractivity contribution in [2.24, 2.45) is 5.92 Å². The average Bonchev–Trinajstić information content (AvgIpc) is 2.44. The summed E-state index contributed by atoms with van der Waals surface area (Å²) in [7, 11) is -0.566. The van der Waals surface area contributed by atoms with E-state index in [1.807, 2.05) is 6.92 Å². The molecule has 0 aliphatic rings. The number of ether oxygens (including phenoxy) is 2. The number of benzene rings is 1. The SMILES string of the molecule is COCC(C)CNS(=O)(=O)c1ccc(OC)c(CO)c1. The maximum Gasteiger partial charge on any atom is 0.240 e. The van der Waals surface area contributed by atoms with E-state index in [2.05, 4.69) is 4.72 Å². The summed E-state index contributed by atoms with van der Waals surface area (Å²) in [4.78, 5) is 0.104. The molecule has 2 N–H and O–H groups in total. The molecule has 7 heteroatoms. The Balaban J connectivity index is 2.87. The molecule has 0 amide bonds. The first kappa shape index (κ1) is 16.9. The van der Waals surface area contributed by atoms with Crippen LogP contribution < -0.4 is 9.46 Å². The van der Waals surface area contributed by atoms with Gasteiger partial charge in [0.15, 0.2) is 0 Å². The van der Waals surface area contributed by atoms with Gasteiger partial charge < -0.3 is 14.6 Å². The quantitative estimate of drug-likeness (QED) is 0.740. The van der Waals surface area contributed by atoms with Gasteiger partial charge in [-0.25, -0.2) is 13.1 Å². The molecule has 0 saturated heterocycles. The number of sulfonamides is 1. The standard InChI is InChI=1S/C13H21NO5S/c1-10(9-18-2)7-14-20(16,17)12-4-5-13(19-3)11(6-12)8-15/h4-6,10,14-15H,7-9H2,1-3H3. The summed E-state index contributed by atoms with van der Waals surface area (Å²) in [6.07, 6.45) is 0. The van der Waals surface area contributed by atoms with E-state index in [1.54, 1.807) is 7.11 Å². The first-order valence-corrected chi connectivity index (χ1v) is 7.69. The summed E-state index contributed by atoms with van der Waals surface area (Å²) in [6, 6.07) is 4.38. The molecule has 114 valence electrons. The molecular formula is C13H21NO5S. The van der Waals surface area contributed by atoms with Crippen LogP contribution in [0.3, 0.4) is 0 Å². The Bertz CT molecular complexity index is 530. The third kappa shape index (κ3) is 4.45. The summed E-state index contributed by atoms with van der Waals surface area (Å²) in [5.41, 5.74) is 0.431. The fourth-order valence-electron chi connectivity index (χ4n) is 1.72. The Kier molecular flexibility index (Phi) is 6.41. The zero-order valence-electron chi connectivity index (χ0n) is 11.9. The molecule has 1 aromatic rings. The number of nitrogens with one attached hydrogen (secondary N) is 1. The number of hydrogen-bond acceptors (Lipinski definition) is 5. The molecule has 1 aromatic carbocycles. The summed E-state index contributed by atoms with van der Waals surface area (Å²) < 4.78 is 36.8. The fourth-order valence-corrected chi connectivity index (χ4v) is 2.94. The number of hydrogen-bond donors (Lipinski definition) is 2. The van der Waals surface area contributed by atoms with Crippen molar-refractivity contribution in [3.8, 4) is 5.75 Å². The van der Waals surface area contributed by atoms with Gasteiger partial charge >= 0.3 is 0 Å². The van der Waals surface area contributed by atoms with E-state index < -0.39 is 10.0 Å². The summed E-state index contributed by atoms with van der Waals surface area (Å²) in [5.74, 6) is 0.532. The molecule has 0 bridgehead atoms. The maximum absolute atomic E-state index is 12.1. The molecule has 20 heavy (non-hydrogen) atoms. The van der Waals surface area contributed by atoms with Crippen LogP contribution in [0.15, 0.2) is 23.1 Å². The van der Waals surface area contributed by atoms with Crippen molar-refractivity contribution in [3.05, 3.63) is 23.8 Å². The van der Waals surface area contributed by atoms with Crippen LogP contribution in [0.4, 0.5) is 0 Å². The number of rotatable bonds is 8. The molecule has 0 heterocycles. The Morgan fingerprint density at radius 2 is 2.05 bits per heavy atom. The van der Waals surface area contributed by atoms with Gasteiger partial charge in [-0.2, -0.15) is 0 Å². The van der Waals surface area contributed by atoms with Crippen LogP contribution >= 0.6 is 0 Å². The van der Waals surface area contributed by atoms with E-state index in [1.165, 1.54) is 25.3 Å². The van der Waals surface area contributed by atoms with Gasteiger partial charge in [-0.15, -0.1) is 0 Å². The topological polar surface area (TPSA) is 84.9 Å². The fraction of sp³-hybridized carbons (Fsp3) is 0.538. The van der Waals surface area contributed by atoms with E-state index in [0.717, 1.165) is 0 Å². The lowest BCUT2D eigenvalue weighted by Crippen LogP contribution is -2.30. The Morgan fingerprint density at radius 1 is 1.35 bits per heavy atom. The molecule has 0 fully saturated rings. The summed E-state index contributed by atoms with van der Waals surface area (Å²) in [6.45, 7) is 2.37. The van der Waals surface area contributed by atoms with Gasteiger partial charge in [-0.3, -0.25) is 0 Å². The highest BCUT2D eigenvalue weighted by atomic mass is 32.2. The molecule has 0 aliphatic heterocycles. The first-order chi connectivity index (χ1) is 9.44. The van der Waals surface area contributed by atoms with Gasteiger partial charge in [0.2, 0.25) is 10.0 Å². The zero-order valence-corrected chi connectivity index (χ0v) is 12.7. The molecule has 0 aliphatic carbocycles. The second-order valence-corrected chi connectivity index (χ2v) is 6.31. The van der Waals surface area contributed by atoms with Crippen molar-refractivity contribution in [1.82, 2.24) is 4.72 Å². The van der Waals surface area contributed by atoms with E-state index in [-0.39, 0.29) is 24.0 Å². The van der Waals surface area contributed by atoms with Gasteiger partial charge in [0.25, 0.3) is 0 Å². The largest absolute Gasteiger partial charge is 0.496 e. The van der Waals surface area contributed by atoms with Gasteiger partial charge in [0.1, 0.15) is 5.75 Å². The van der Waals surface area contributed by atoms with Crippen molar-refractivity contribution in [3.63, 3.8) is 0 Å². The van der Waals surface area contributed by atoms with Gasteiger partial charge in [0, 0.05) is 25.8 Å². The predicted octanol–water partition coefficient (Wildman–Crippen LogP) is 0.748. The highest BCUT2D eigenvalue weighted by molar-refractivity contribution is 7.89. The van der Waals surface area contributed by atoms with Crippen LogP contribution in [0.2, 0.25) is 0 Å². The molecule has 1 unspecified atom stereocenters. The van der Waals surface area contributed by atoms with Crippen molar-refractivity contribution in [1.29, 1.82) is 0 Å². The number of aliphatic hydroxyl groups excluding tert-OH is 1. The van der Waals surface area contributed by atoms with Crippen LogP contribution in [0.1, 0.15) is 12.5 Å². The monoisotopic (exact) mass is 303 g/mol. The minimum Gasteiger partial charge on any atom is -0.496 e. The van der Waals surface area contributed by atoms with E-state index in [9.17, 15) is 13.5 Å². The normalized spacial score (nSPS) is 13.2. The Labute approximate surface area is 119 Å². The molecule has 0 spiro atoms. The van der Waals surface area contributed by atoms with E-state index in [4.69, 9.17) is 9.47 Å². The molecule has 1 rings (SSSR count). The van der Waals surface area contributed by atoms with Crippen LogP contribution in [0.25, 0.3) is 0 Å². The highest BCUT2D eigenvalue weighted by Crippen LogP contribution is 2.22. The minimum absolute atomic E-state index is 0.0744. The highest BCUT2D eigenvalue weighted by Gasteiger charge is 2.17. The average molecular weight is 303 g/mol.